The van der Waals surface area contributed by atoms with Crippen LogP contribution in [0.1, 0.15) is 20.3 Å². The Morgan fingerprint density at radius 1 is 1.29 bits per heavy atom. The lowest BCUT2D eigenvalue weighted by Gasteiger charge is -2.20. The van der Waals surface area contributed by atoms with Crippen molar-refractivity contribution >= 4 is 5.97 Å². The molecule has 0 bridgehead atoms. The number of ether oxygens (including phenoxy) is 1. The summed E-state index contributed by atoms with van der Waals surface area (Å²) in [5.41, 5.74) is 0.0847. The Morgan fingerprint density at radius 2 is 1.76 bits per heavy atom. The minimum Gasteiger partial charge on any atom is -0.428 e. The summed E-state index contributed by atoms with van der Waals surface area (Å²) in [5, 5.41) is 0. The third kappa shape index (κ3) is 4.54. The minimum absolute atomic E-state index is 0.0847. The number of hydrogen-bond acceptors (Lipinski definition) is 2. The smallest absolute Gasteiger partial charge is 0.428 e. The molecule has 0 radical (unpaired) electrons. The molecule has 0 amide bonds. The molecule has 98 valence electrons. The predicted octanol–water partition coefficient (Wildman–Crippen LogP) is 3.60. The first-order valence-electron chi connectivity index (χ1n) is 4.48. The van der Waals surface area contributed by atoms with Crippen LogP contribution in [0.3, 0.4) is 0 Å². The van der Waals surface area contributed by atoms with E-state index in [0.717, 1.165) is 0 Å². The van der Waals surface area contributed by atoms with Gasteiger partial charge in [-0.05, 0) is 13.8 Å². The Kier molecular flexibility index (Phi) is 4.85. The molecule has 0 N–H and O–H groups in total. The van der Waals surface area contributed by atoms with Crippen molar-refractivity contribution < 1.29 is 31.5 Å². The van der Waals surface area contributed by atoms with E-state index < -0.39 is 30.2 Å². The molecule has 0 unspecified atom stereocenters. The second-order valence-corrected chi connectivity index (χ2v) is 3.28. The van der Waals surface area contributed by atoms with Crippen molar-refractivity contribution in [3.8, 4) is 0 Å². The average Bonchev–Trinajstić information content (AvgIpc) is 2.13. The molecule has 0 aromatic carbocycles. The van der Waals surface area contributed by atoms with E-state index in [1.165, 1.54) is 19.9 Å². The zero-order chi connectivity index (χ0) is 13.9. The molecule has 0 atom stereocenters. The molecule has 0 aliphatic rings. The van der Waals surface area contributed by atoms with E-state index >= 15 is 0 Å². The zero-order valence-corrected chi connectivity index (χ0v) is 9.20. The maximum Gasteiger partial charge on any atom is 0.453 e. The van der Waals surface area contributed by atoms with Crippen LogP contribution in [0.25, 0.3) is 0 Å². The van der Waals surface area contributed by atoms with Crippen molar-refractivity contribution in [3.63, 3.8) is 0 Å². The van der Waals surface area contributed by atoms with Crippen molar-refractivity contribution in [1.82, 2.24) is 0 Å². The molecule has 0 aromatic heterocycles. The Labute approximate surface area is 94.7 Å². The zero-order valence-electron chi connectivity index (χ0n) is 9.20. The van der Waals surface area contributed by atoms with Gasteiger partial charge in [0.2, 0.25) is 0 Å². The molecule has 0 aliphatic heterocycles. The quantitative estimate of drug-likeness (QED) is 0.333. The maximum atomic E-state index is 12.5. The number of alkyl halides is 5. The highest BCUT2D eigenvalue weighted by molar-refractivity contribution is 5.88. The molecular formula is C10H11F5O2. The van der Waals surface area contributed by atoms with Gasteiger partial charge < -0.3 is 4.74 Å². The van der Waals surface area contributed by atoms with E-state index in [1.807, 2.05) is 0 Å². The van der Waals surface area contributed by atoms with Crippen LogP contribution in [0, 0.1) is 0 Å². The third-order valence-electron chi connectivity index (χ3n) is 1.83. The van der Waals surface area contributed by atoms with Gasteiger partial charge in [-0.1, -0.05) is 12.7 Å². The van der Waals surface area contributed by atoms with Gasteiger partial charge in [0.15, 0.2) is 0 Å². The van der Waals surface area contributed by atoms with Crippen LogP contribution in [-0.2, 0) is 9.53 Å². The lowest BCUT2D eigenvalue weighted by atomic mass is 10.2. The van der Waals surface area contributed by atoms with E-state index in [1.54, 1.807) is 0 Å². The molecule has 0 aliphatic carbocycles. The van der Waals surface area contributed by atoms with Gasteiger partial charge in [-0.2, -0.15) is 22.0 Å². The molecule has 17 heavy (non-hydrogen) atoms. The fourth-order valence-corrected chi connectivity index (χ4v) is 0.713. The first-order valence-corrected chi connectivity index (χ1v) is 4.48. The molecular weight excluding hydrogens is 247 g/mol. The van der Waals surface area contributed by atoms with Crippen LogP contribution in [0.2, 0.25) is 0 Å². The summed E-state index contributed by atoms with van der Waals surface area (Å²) in [6, 6.07) is 0. The van der Waals surface area contributed by atoms with Crippen LogP contribution in [0.15, 0.2) is 24.0 Å². The fraction of sp³-hybridized carbons (Fsp3) is 0.500. The molecule has 2 nitrogen and oxygen atoms in total. The van der Waals surface area contributed by atoms with E-state index in [0.29, 0.717) is 0 Å². The van der Waals surface area contributed by atoms with E-state index in [9.17, 15) is 26.7 Å². The number of halogens is 5. The van der Waals surface area contributed by atoms with Gasteiger partial charge in [0.05, 0.1) is 6.42 Å². The van der Waals surface area contributed by atoms with Crippen LogP contribution in [0.5, 0.6) is 0 Å². The van der Waals surface area contributed by atoms with Crippen molar-refractivity contribution in [1.29, 1.82) is 0 Å². The summed E-state index contributed by atoms with van der Waals surface area (Å²) >= 11 is 0. The van der Waals surface area contributed by atoms with Crippen molar-refractivity contribution in [2.45, 2.75) is 32.4 Å². The van der Waals surface area contributed by atoms with Gasteiger partial charge in [0.25, 0.3) is 0 Å². The summed E-state index contributed by atoms with van der Waals surface area (Å²) in [7, 11) is 0. The van der Waals surface area contributed by atoms with Crippen LogP contribution < -0.4 is 0 Å². The second kappa shape index (κ2) is 5.29. The first kappa shape index (κ1) is 15.6. The monoisotopic (exact) mass is 258 g/mol. The van der Waals surface area contributed by atoms with Crippen LogP contribution >= 0.6 is 0 Å². The second-order valence-electron chi connectivity index (χ2n) is 3.28. The fourth-order valence-electron chi connectivity index (χ4n) is 0.713. The number of carbonyl (C=O) groups is 1. The van der Waals surface area contributed by atoms with E-state index in [4.69, 9.17) is 0 Å². The summed E-state index contributed by atoms with van der Waals surface area (Å²) in [4.78, 5) is 11.0. The Morgan fingerprint density at radius 3 is 2.12 bits per heavy atom. The number of rotatable bonds is 4. The molecule has 0 saturated heterocycles. The largest absolute Gasteiger partial charge is 0.453 e. The van der Waals surface area contributed by atoms with Crippen molar-refractivity contribution in [3.05, 3.63) is 24.0 Å². The number of hydrogen-bond donors (Lipinski definition) is 0. The molecule has 0 aromatic rings. The molecule has 0 saturated carbocycles. The third-order valence-corrected chi connectivity index (χ3v) is 1.83. The molecule has 0 spiro atoms. The summed E-state index contributed by atoms with van der Waals surface area (Å²) < 4.78 is 64.7. The summed E-state index contributed by atoms with van der Waals surface area (Å²) in [6.07, 6.45) is -6.14. The molecule has 7 heteroatoms. The summed E-state index contributed by atoms with van der Waals surface area (Å²) in [5.74, 6) is -6.90. The number of carbonyl (C=O) groups excluding carboxylic acids is 1. The number of esters is 1. The van der Waals surface area contributed by atoms with Gasteiger partial charge >= 0.3 is 18.1 Å². The molecule has 0 fully saturated rings. The molecule has 0 rings (SSSR count). The summed E-state index contributed by atoms with van der Waals surface area (Å²) in [6.45, 7) is 5.68. The SMILES string of the molecule is C=C(CC(F)(F)C(F)(F)F)OC(=O)/C(C)=C/C. The Bertz CT molecular complexity index is 341. The molecule has 0 heterocycles. The lowest BCUT2D eigenvalue weighted by Crippen LogP contribution is -2.37. The highest BCUT2D eigenvalue weighted by Gasteiger charge is 2.57. The van der Waals surface area contributed by atoms with Gasteiger partial charge in [0.1, 0.15) is 5.76 Å². The standard InChI is InChI=1S/C10H11F5O2/c1-4-6(2)8(16)17-7(3)5-9(11,12)10(13,14)15/h4H,3,5H2,1-2H3/b6-4+. The van der Waals surface area contributed by atoms with Gasteiger partial charge in [0, 0.05) is 5.57 Å². The lowest BCUT2D eigenvalue weighted by molar-refractivity contribution is -0.283. The highest BCUT2D eigenvalue weighted by atomic mass is 19.4. The first-order chi connectivity index (χ1) is 7.51. The highest BCUT2D eigenvalue weighted by Crippen LogP contribution is 2.39. The maximum absolute atomic E-state index is 12.5. The number of allylic oxidation sites excluding steroid dienone is 2. The van der Waals surface area contributed by atoms with Gasteiger partial charge in [-0.25, -0.2) is 4.79 Å². The van der Waals surface area contributed by atoms with E-state index in [2.05, 4.69) is 11.3 Å². The van der Waals surface area contributed by atoms with Gasteiger partial charge in [-0.15, -0.1) is 0 Å². The van der Waals surface area contributed by atoms with Crippen molar-refractivity contribution in [2.24, 2.45) is 0 Å². The normalized spacial score (nSPS) is 13.5. The Hall–Kier alpha value is -1.40. The topological polar surface area (TPSA) is 26.3 Å². The van der Waals surface area contributed by atoms with Crippen LogP contribution in [0.4, 0.5) is 22.0 Å². The van der Waals surface area contributed by atoms with E-state index in [-0.39, 0.29) is 5.57 Å². The minimum atomic E-state index is -5.70. The average molecular weight is 258 g/mol. The van der Waals surface area contributed by atoms with Crippen molar-refractivity contribution in [2.75, 3.05) is 0 Å². The predicted molar refractivity (Wildman–Crippen MR) is 50.3 cm³/mol. The Balaban J connectivity index is 4.54. The van der Waals surface area contributed by atoms with Crippen LogP contribution in [-0.4, -0.2) is 18.1 Å². The van der Waals surface area contributed by atoms with Gasteiger partial charge in [-0.3, -0.25) is 0 Å².